The normalized spacial score (nSPS) is 15.0. The monoisotopic (exact) mass is 344 g/mol. The van der Waals surface area contributed by atoms with Crippen LogP contribution in [0, 0.1) is 6.92 Å². The lowest BCUT2D eigenvalue weighted by atomic mass is 10.2. The van der Waals surface area contributed by atoms with Gasteiger partial charge in [-0.1, -0.05) is 24.4 Å². The Labute approximate surface area is 147 Å². The van der Waals surface area contributed by atoms with Crippen LogP contribution in [0.2, 0.25) is 5.02 Å². The summed E-state index contributed by atoms with van der Waals surface area (Å²) >= 11 is 5.95. The van der Waals surface area contributed by atoms with E-state index in [1.165, 1.54) is 12.8 Å². The third-order valence-corrected chi connectivity index (χ3v) is 4.44. The van der Waals surface area contributed by atoms with Crippen molar-refractivity contribution >= 4 is 29.1 Å². The second-order valence-electron chi connectivity index (χ2n) is 6.06. The number of benzene rings is 1. The van der Waals surface area contributed by atoms with Crippen molar-refractivity contribution in [2.24, 2.45) is 0 Å². The van der Waals surface area contributed by atoms with E-state index in [9.17, 15) is 4.79 Å². The van der Waals surface area contributed by atoms with Crippen LogP contribution >= 0.6 is 11.6 Å². The highest BCUT2D eigenvalue weighted by molar-refractivity contribution is 6.30. The van der Waals surface area contributed by atoms with Crippen molar-refractivity contribution < 1.29 is 4.79 Å². The molecular weight excluding hydrogens is 324 g/mol. The van der Waals surface area contributed by atoms with Gasteiger partial charge < -0.3 is 10.2 Å². The standard InChI is InChI=1S/C18H21ClN4O/c1-13-12-14(19)6-7-15(13)21-17(24)16-8-9-20-18(22-16)23-10-4-2-3-5-11-23/h6-9,12H,2-5,10-11H2,1H3,(H,21,24). The molecule has 0 spiro atoms. The van der Waals surface area contributed by atoms with Crippen LogP contribution in [0.25, 0.3) is 0 Å². The zero-order valence-corrected chi connectivity index (χ0v) is 14.5. The Kier molecular flexibility index (Phi) is 5.30. The van der Waals surface area contributed by atoms with Crippen LogP contribution < -0.4 is 10.2 Å². The van der Waals surface area contributed by atoms with Crippen LogP contribution in [-0.2, 0) is 0 Å². The predicted molar refractivity (Wildman–Crippen MR) is 96.9 cm³/mol. The number of carbonyl (C=O) groups excluding carboxylic acids is 1. The zero-order valence-electron chi connectivity index (χ0n) is 13.8. The molecule has 1 amide bonds. The molecule has 6 heteroatoms. The SMILES string of the molecule is Cc1cc(Cl)ccc1NC(=O)c1ccnc(N2CCCCCC2)n1. The maximum Gasteiger partial charge on any atom is 0.274 e. The Hall–Kier alpha value is -2.14. The van der Waals surface area contributed by atoms with Gasteiger partial charge in [0.1, 0.15) is 5.69 Å². The molecule has 2 aromatic rings. The minimum absolute atomic E-state index is 0.237. The molecular formula is C18H21ClN4O. The van der Waals surface area contributed by atoms with Crippen LogP contribution in [0.5, 0.6) is 0 Å². The smallest absolute Gasteiger partial charge is 0.274 e. The molecule has 5 nitrogen and oxygen atoms in total. The summed E-state index contributed by atoms with van der Waals surface area (Å²) in [6.45, 7) is 3.80. The Bertz CT molecular complexity index is 727. The van der Waals surface area contributed by atoms with Gasteiger partial charge in [0.05, 0.1) is 0 Å². The molecule has 24 heavy (non-hydrogen) atoms. The first kappa shape index (κ1) is 16.7. The predicted octanol–water partition coefficient (Wildman–Crippen LogP) is 4.07. The van der Waals surface area contributed by atoms with Crippen LogP contribution in [0.15, 0.2) is 30.5 Å². The van der Waals surface area contributed by atoms with E-state index in [4.69, 9.17) is 11.6 Å². The lowest BCUT2D eigenvalue weighted by Crippen LogP contribution is -2.27. The molecule has 126 valence electrons. The van der Waals surface area contributed by atoms with Gasteiger partial charge in [-0.05, 0) is 49.6 Å². The number of halogens is 1. The first-order valence-corrected chi connectivity index (χ1v) is 8.67. The van der Waals surface area contributed by atoms with E-state index >= 15 is 0 Å². The lowest BCUT2D eigenvalue weighted by molar-refractivity contribution is 0.102. The van der Waals surface area contributed by atoms with Crippen molar-refractivity contribution in [2.75, 3.05) is 23.3 Å². The van der Waals surface area contributed by atoms with Crippen molar-refractivity contribution in [2.45, 2.75) is 32.6 Å². The van der Waals surface area contributed by atoms with E-state index in [1.54, 1.807) is 24.4 Å². The molecule has 0 unspecified atom stereocenters. The molecule has 0 aliphatic carbocycles. The largest absolute Gasteiger partial charge is 0.341 e. The summed E-state index contributed by atoms with van der Waals surface area (Å²) in [5.74, 6) is 0.399. The second kappa shape index (κ2) is 7.62. The van der Waals surface area contributed by atoms with Gasteiger partial charge in [-0.25, -0.2) is 9.97 Å². The summed E-state index contributed by atoms with van der Waals surface area (Å²) in [6, 6.07) is 7.01. The van der Waals surface area contributed by atoms with Crippen LogP contribution in [0.4, 0.5) is 11.6 Å². The molecule has 1 aromatic carbocycles. The summed E-state index contributed by atoms with van der Waals surface area (Å²) in [5.41, 5.74) is 2.02. The van der Waals surface area contributed by atoms with Crippen LogP contribution in [-0.4, -0.2) is 29.0 Å². The highest BCUT2D eigenvalue weighted by Crippen LogP contribution is 2.20. The molecule has 1 aromatic heterocycles. The van der Waals surface area contributed by atoms with Crippen LogP contribution in [0.3, 0.4) is 0 Å². The van der Waals surface area contributed by atoms with Gasteiger partial charge in [0, 0.05) is 30.0 Å². The maximum atomic E-state index is 12.5. The molecule has 1 saturated heterocycles. The molecule has 3 rings (SSSR count). The van der Waals surface area contributed by atoms with E-state index in [2.05, 4.69) is 20.2 Å². The molecule has 0 saturated carbocycles. The molecule has 1 N–H and O–H groups in total. The molecule has 0 atom stereocenters. The first-order valence-electron chi connectivity index (χ1n) is 8.29. The first-order chi connectivity index (χ1) is 11.6. The Morgan fingerprint density at radius 2 is 1.92 bits per heavy atom. The number of hydrogen-bond donors (Lipinski definition) is 1. The number of rotatable bonds is 3. The zero-order chi connectivity index (χ0) is 16.9. The average Bonchev–Trinajstić information content (AvgIpc) is 2.87. The minimum Gasteiger partial charge on any atom is -0.341 e. The third-order valence-electron chi connectivity index (χ3n) is 4.20. The molecule has 1 fully saturated rings. The number of amides is 1. The number of aromatic nitrogens is 2. The van der Waals surface area contributed by atoms with Crippen molar-refractivity contribution in [3.8, 4) is 0 Å². The quantitative estimate of drug-likeness (QED) is 0.911. The summed E-state index contributed by atoms with van der Waals surface area (Å²) in [5, 5.41) is 3.54. The van der Waals surface area contributed by atoms with E-state index in [1.807, 2.05) is 13.0 Å². The van der Waals surface area contributed by atoms with E-state index in [0.29, 0.717) is 16.7 Å². The van der Waals surface area contributed by atoms with Gasteiger partial charge in [0.2, 0.25) is 5.95 Å². The number of nitrogens with zero attached hydrogens (tertiary/aromatic N) is 3. The van der Waals surface area contributed by atoms with Gasteiger partial charge in [-0.15, -0.1) is 0 Å². The van der Waals surface area contributed by atoms with Crippen molar-refractivity contribution in [3.05, 3.63) is 46.7 Å². The average molecular weight is 345 g/mol. The van der Waals surface area contributed by atoms with Gasteiger partial charge >= 0.3 is 0 Å². The van der Waals surface area contributed by atoms with Gasteiger partial charge in [-0.2, -0.15) is 0 Å². The lowest BCUT2D eigenvalue weighted by Gasteiger charge is -2.20. The highest BCUT2D eigenvalue weighted by Gasteiger charge is 2.15. The van der Waals surface area contributed by atoms with Crippen molar-refractivity contribution in [1.82, 2.24) is 9.97 Å². The third kappa shape index (κ3) is 4.03. The molecule has 0 bridgehead atoms. The fourth-order valence-electron chi connectivity index (χ4n) is 2.85. The highest BCUT2D eigenvalue weighted by atomic mass is 35.5. The number of hydrogen-bond acceptors (Lipinski definition) is 4. The Morgan fingerprint density at radius 1 is 1.17 bits per heavy atom. The Balaban J connectivity index is 1.76. The van der Waals surface area contributed by atoms with Gasteiger partial charge in [0.15, 0.2) is 0 Å². The van der Waals surface area contributed by atoms with Gasteiger partial charge in [-0.3, -0.25) is 4.79 Å². The Morgan fingerprint density at radius 3 is 2.62 bits per heavy atom. The fraction of sp³-hybridized carbons (Fsp3) is 0.389. The van der Waals surface area contributed by atoms with Crippen LogP contribution in [0.1, 0.15) is 41.7 Å². The topological polar surface area (TPSA) is 58.1 Å². The molecule has 1 aliphatic heterocycles. The summed E-state index contributed by atoms with van der Waals surface area (Å²) in [6.07, 6.45) is 6.42. The number of carbonyl (C=O) groups is 1. The summed E-state index contributed by atoms with van der Waals surface area (Å²) < 4.78 is 0. The summed E-state index contributed by atoms with van der Waals surface area (Å²) in [4.78, 5) is 23.5. The van der Waals surface area contributed by atoms with E-state index in [-0.39, 0.29) is 5.91 Å². The number of nitrogens with one attached hydrogen (secondary N) is 1. The number of aryl methyl sites for hydroxylation is 1. The molecule has 2 heterocycles. The van der Waals surface area contributed by atoms with Crippen molar-refractivity contribution in [1.29, 1.82) is 0 Å². The van der Waals surface area contributed by atoms with Crippen molar-refractivity contribution in [3.63, 3.8) is 0 Å². The second-order valence-corrected chi connectivity index (χ2v) is 6.49. The molecule has 0 radical (unpaired) electrons. The van der Waals surface area contributed by atoms with E-state index in [0.717, 1.165) is 37.2 Å². The maximum absolute atomic E-state index is 12.5. The minimum atomic E-state index is -0.237. The van der Waals surface area contributed by atoms with Gasteiger partial charge in [0.25, 0.3) is 5.91 Å². The number of anilines is 2. The van der Waals surface area contributed by atoms with E-state index < -0.39 is 0 Å². The molecule has 1 aliphatic rings. The fourth-order valence-corrected chi connectivity index (χ4v) is 3.08. The summed E-state index contributed by atoms with van der Waals surface area (Å²) in [7, 11) is 0.